The summed E-state index contributed by atoms with van der Waals surface area (Å²) in [5.74, 6) is -0.348. The van der Waals surface area contributed by atoms with Crippen molar-refractivity contribution >= 4 is 11.9 Å². The van der Waals surface area contributed by atoms with Crippen molar-refractivity contribution in [2.45, 2.75) is 46.1 Å². The maximum absolute atomic E-state index is 12.1. The fourth-order valence-electron chi connectivity index (χ4n) is 2.12. The zero-order valence-corrected chi connectivity index (χ0v) is 13.3. The van der Waals surface area contributed by atoms with E-state index in [4.69, 9.17) is 4.74 Å². The number of hydrogen-bond acceptors (Lipinski definition) is 3. The highest BCUT2D eigenvalue weighted by Gasteiger charge is 2.21. The topological polar surface area (TPSA) is 55.4 Å². The van der Waals surface area contributed by atoms with E-state index in [1.165, 1.54) is 7.11 Å². The smallest absolute Gasteiger partial charge is 0.307 e. The highest BCUT2D eigenvalue weighted by Crippen LogP contribution is 2.18. The molecule has 0 aliphatic carbocycles. The molecule has 0 aliphatic heterocycles. The third-order valence-corrected chi connectivity index (χ3v) is 3.02. The summed E-state index contributed by atoms with van der Waals surface area (Å²) >= 11 is 0. The SMILES string of the molecule is COC(=O)C[C@@H](Cc1ccccc1)NC(=O)CC(C)(C)C. The first-order valence-electron chi connectivity index (χ1n) is 7.20. The predicted octanol–water partition coefficient (Wildman–Crippen LogP) is 2.71. The molecule has 0 bridgehead atoms. The second kappa shape index (κ2) is 7.81. The standard InChI is InChI=1S/C17H25NO3/c1-17(2,3)12-15(19)18-14(11-16(20)21-4)10-13-8-6-5-7-9-13/h5-9,14H,10-12H2,1-4H3,(H,18,19)/t14-/m1/s1. The van der Waals surface area contributed by atoms with Gasteiger partial charge in [0.25, 0.3) is 0 Å². The molecule has 0 radical (unpaired) electrons. The maximum Gasteiger partial charge on any atom is 0.307 e. The number of benzene rings is 1. The molecule has 1 aromatic rings. The average molecular weight is 291 g/mol. The molecular weight excluding hydrogens is 266 g/mol. The molecule has 4 heteroatoms. The molecule has 0 aromatic heterocycles. The van der Waals surface area contributed by atoms with Gasteiger partial charge >= 0.3 is 5.97 Å². The summed E-state index contributed by atoms with van der Waals surface area (Å²) in [6.45, 7) is 6.04. The molecule has 0 spiro atoms. The molecule has 0 saturated heterocycles. The van der Waals surface area contributed by atoms with Crippen LogP contribution in [0.2, 0.25) is 0 Å². The van der Waals surface area contributed by atoms with E-state index in [1.807, 2.05) is 51.1 Å². The Morgan fingerprint density at radius 3 is 2.33 bits per heavy atom. The Balaban J connectivity index is 2.68. The van der Waals surface area contributed by atoms with Crippen LogP contribution in [0, 0.1) is 5.41 Å². The number of methoxy groups -OCH3 is 1. The van der Waals surface area contributed by atoms with Crippen molar-refractivity contribution in [1.82, 2.24) is 5.32 Å². The summed E-state index contributed by atoms with van der Waals surface area (Å²) in [6, 6.07) is 9.56. The minimum atomic E-state index is -0.313. The van der Waals surface area contributed by atoms with Crippen LogP contribution >= 0.6 is 0 Å². The number of esters is 1. The van der Waals surface area contributed by atoms with Crippen LogP contribution < -0.4 is 5.32 Å². The van der Waals surface area contributed by atoms with Gasteiger partial charge in [-0.25, -0.2) is 0 Å². The van der Waals surface area contributed by atoms with E-state index in [1.54, 1.807) is 0 Å². The van der Waals surface area contributed by atoms with Gasteiger partial charge in [-0.1, -0.05) is 51.1 Å². The predicted molar refractivity (Wildman–Crippen MR) is 82.8 cm³/mol. The van der Waals surface area contributed by atoms with Crippen LogP contribution in [0.25, 0.3) is 0 Å². The third kappa shape index (κ3) is 7.49. The average Bonchev–Trinajstić information content (AvgIpc) is 2.37. The summed E-state index contributed by atoms with van der Waals surface area (Å²) in [5, 5.41) is 2.95. The summed E-state index contributed by atoms with van der Waals surface area (Å²) < 4.78 is 4.71. The van der Waals surface area contributed by atoms with Crippen molar-refractivity contribution in [3.63, 3.8) is 0 Å². The van der Waals surface area contributed by atoms with E-state index >= 15 is 0 Å². The van der Waals surface area contributed by atoms with Crippen molar-refractivity contribution in [2.75, 3.05) is 7.11 Å². The van der Waals surface area contributed by atoms with Crippen molar-refractivity contribution in [3.05, 3.63) is 35.9 Å². The van der Waals surface area contributed by atoms with Gasteiger partial charge in [0.05, 0.1) is 13.5 Å². The Hall–Kier alpha value is -1.84. The van der Waals surface area contributed by atoms with Crippen molar-refractivity contribution in [3.8, 4) is 0 Å². The van der Waals surface area contributed by atoms with Gasteiger partial charge in [0.15, 0.2) is 0 Å². The normalized spacial score (nSPS) is 12.6. The van der Waals surface area contributed by atoms with E-state index < -0.39 is 0 Å². The third-order valence-electron chi connectivity index (χ3n) is 3.02. The fraction of sp³-hybridized carbons (Fsp3) is 0.529. The second-order valence-corrected chi connectivity index (χ2v) is 6.47. The lowest BCUT2D eigenvalue weighted by atomic mass is 9.91. The Kier molecular flexibility index (Phi) is 6.40. The van der Waals surface area contributed by atoms with E-state index in [2.05, 4.69) is 5.32 Å². The van der Waals surface area contributed by atoms with Crippen LogP contribution in [0.4, 0.5) is 0 Å². The summed E-state index contributed by atoms with van der Waals surface area (Å²) in [7, 11) is 1.36. The molecule has 0 unspecified atom stereocenters. The lowest BCUT2D eigenvalue weighted by molar-refractivity contribution is -0.141. The highest BCUT2D eigenvalue weighted by atomic mass is 16.5. The summed E-state index contributed by atoms with van der Waals surface area (Å²) in [6.07, 6.45) is 1.23. The van der Waals surface area contributed by atoms with Crippen LogP contribution in [0.15, 0.2) is 30.3 Å². The lowest BCUT2D eigenvalue weighted by Gasteiger charge is -2.22. The Labute approximate surface area is 126 Å². The maximum atomic E-state index is 12.1. The summed E-state index contributed by atoms with van der Waals surface area (Å²) in [5.41, 5.74) is 1.01. The largest absolute Gasteiger partial charge is 0.469 e. The molecule has 0 saturated carbocycles. The molecule has 4 nitrogen and oxygen atoms in total. The minimum Gasteiger partial charge on any atom is -0.469 e. The molecule has 1 amide bonds. The highest BCUT2D eigenvalue weighted by molar-refractivity contribution is 5.78. The minimum absolute atomic E-state index is 0.0349. The number of carbonyl (C=O) groups excluding carboxylic acids is 2. The van der Waals surface area contributed by atoms with Crippen molar-refractivity contribution in [1.29, 1.82) is 0 Å². The molecule has 1 atom stereocenters. The molecule has 0 aliphatic rings. The molecule has 1 rings (SSSR count). The summed E-state index contributed by atoms with van der Waals surface area (Å²) in [4.78, 5) is 23.6. The second-order valence-electron chi connectivity index (χ2n) is 6.47. The fourth-order valence-corrected chi connectivity index (χ4v) is 2.12. The number of nitrogens with one attached hydrogen (secondary N) is 1. The molecule has 21 heavy (non-hydrogen) atoms. The van der Waals surface area contributed by atoms with E-state index in [-0.39, 0.29) is 29.8 Å². The molecule has 0 heterocycles. The van der Waals surface area contributed by atoms with Gasteiger partial charge < -0.3 is 10.1 Å². The molecule has 0 fully saturated rings. The zero-order chi connectivity index (χ0) is 15.9. The van der Waals surface area contributed by atoms with Gasteiger partial charge in [-0.05, 0) is 17.4 Å². The van der Waals surface area contributed by atoms with Crippen LogP contribution in [0.3, 0.4) is 0 Å². The van der Waals surface area contributed by atoms with Crippen LogP contribution in [0.1, 0.15) is 39.2 Å². The van der Waals surface area contributed by atoms with Gasteiger partial charge in [0, 0.05) is 12.5 Å². The van der Waals surface area contributed by atoms with Crippen LogP contribution in [-0.4, -0.2) is 25.0 Å². The van der Waals surface area contributed by atoms with Gasteiger partial charge in [-0.2, -0.15) is 0 Å². The van der Waals surface area contributed by atoms with Gasteiger partial charge in [0.2, 0.25) is 5.91 Å². The van der Waals surface area contributed by atoms with Gasteiger partial charge in [-0.3, -0.25) is 9.59 Å². The van der Waals surface area contributed by atoms with Crippen LogP contribution in [-0.2, 0) is 20.7 Å². The van der Waals surface area contributed by atoms with Gasteiger partial charge in [0.1, 0.15) is 0 Å². The lowest BCUT2D eigenvalue weighted by Crippen LogP contribution is -2.39. The monoisotopic (exact) mass is 291 g/mol. The molecule has 1 aromatic carbocycles. The first kappa shape index (κ1) is 17.2. The quantitative estimate of drug-likeness (QED) is 0.820. The number of carbonyl (C=O) groups is 2. The van der Waals surface area contributed by atoms with E-state index in [0.29, 0.717) is 12.8 Å². The Morgan fingerprint density at radius 2 is 1.81 bits per heavy atom. The zero-order valence-electron chi connectivity index (χ0n) is 13.3. The first-order valence-corrected chi connectivity index (χ1v) is 7.20. The van der Waals surface area contributed by atoms with E-state index in [0.717, 1.165) is 5.56 Å². The van der Waals surface area contributed by atoms with E-state index in [9.17, 15) is 9.59 Å². The first-order chi connectivity index (χ1) is 9.80. The van der Waals surface area contributed by atoms with Crippen molar-refractivity contribution < 1.29 is 14.3 Å². The number of ether oxygens (including phenoxy) is 1. The number of amides is 1. The number of rotatable bonds is 6. The Morgan fingerprint density at radius 1 is 1.19 bits per heavy atom. The molecule has 1 N–H and O–H groups in total. The van der Waals surface area contributed by atoms with Crippen LogP contribution in [0.5, 0.6) is 0 Å². The Bertz CT molecular complexity index is 463. The molecular formula is C17H25NO3. The number of hydrogen-bond donors (Lipinski definition) is 1. The molecule has 116 valence electrons. The van der Waals surface area contributed by atoms with Gasteiger partial charge in [-0.15, -0.1) is 0 Å². The van der Waals surface area contributed by atoms with Crippen molar-refractivity contribution in [2.24, 2.45) is 5.41 Å².